The predicted molar refractivity (Wildman–Crippen MR) is 80.6 cm³/mol. The van der Waals surface area contributed by atoms with Crippen molar-refractivity contribution in [2.45, 2.75) is 12.5 Å². The molecule has 1 unspecified atom stereocenters. The van der Waals surface area contributed by atoms with Crippen molar-refractivity contribution in [3.05, 3.63) is 30.3 Å². The van der Waals surface area contributed by atoms with Gasteiger partial charge in [-0.2, -0.15) is 0 Å². The Labute approximate surface area is 128 Å². The molecule has 22 heavy (non-hydrogen) atoms. The molecule has 0 spiro atoms. The molecule has 1 atom stereocenters. The number of hydrogen-bond acceptors (Lipinski definition) is 6. The first-order valence-corrected chi connectivity index (χ1v) is 6.93. The normalized spacial score (nSPS) is 21.3. The molecule has 7 nitrogen and oxygen atoms in total. The van der Waals surface area contributed by atoms with Gasteiger partial charge in [0.2, 0.25) is 5.54 Å². The van der Waals surface area contributed by atoms with Crippen molar-refractivity contribution >= 4 is 17.7 Å². The molecular formula is C15H19N3O4. The highest BCUT2D eigenvalue weighted by Crippen LogP contribution is 2.22. The molecule has 1 aliphatic rings. The first-order valence-electron chi connectivity index (χ1n) is 6.93. The lowest BCUT2D eigenvalue weighted by Gasteiger charge is -2.36. The topological polar surface area (TPSA) is 94.2 Å². The fraction of sp³-hybridized carbons (Fsp3) is 0.400. The van der Waals surface area contributed by atoms with Crippen molar-refractivity contribution in [2.75, 3.05) is 26.8 Å². The van der Waals surface area contributed by atoms with Gasteiger partial charge in [0.05, 0.1) is 13.7 Å². The molecule has 1 aliphatic heterocycles. The van der Waals surface area contributed by atoms with Crippen LogP contribution in [0.5, 0.6) is 5.75 Å². The minimum atomic E-state index is -1.35. The summed E-state index contributed by atoms with van der Waals surface area (Å²) in [4.78, 5) is 29.7. The summed E-state index contributed by atoms with van der Waals surface area (Å²) >= 11 is 0. The molecule has 2 N–H and O–H groups in total. The molecule has 7 heteroatoms. The molecule has 1 heterocycles. The highest BCUT2D eigenvalue weighted by atomic mass is 16.5. The van der Waals surface area contributed by atoms with Gasteiger partial charge < -0.3 is 20.1 Å². The van der Waals surface area contributed by atoms with Crippen LogP contribution < -0.4 is 10.5 Å². The van der Waals surface area contributed by atoms with Crippen LogP contribution in [0.25, 0.3) is 0 Å². The van der Waals surface area contributed by atoms with Gasteiger partial charge in [-0.3, -0.25) is 4.79 Å². The van der Waals surface area contributed by atoms with Gasteiger partial charge in [0.15, 0.2) is 5.84 Å². The number of hydrogen-bond donors (Lipinski definition) is 1. The molecule has 1 amide bonds. The SMILES string of the molecule is CCN1CC(COc2ccccc2)(C(=O)OC)N=C(N)C1=O. The Hall–Kier alpha value is -2.57. The number of ether oxygens (including phenoxy) is 2. The van der Waals surface area contributed by atoms with E-state index in [9.17, 15) is 9.59 Å². The lowest BCUT2D eigenvalue weighted by atomic mass is 9.98. The second-order valence-corrected chi connectivity index (χ2v) is 4.94. The number of para-hydroxylation sites is 1. The van der Waals surface area contributed by atoms with E-state index in [1.165, 1.54) is 12.0 Å². The van der Waals surface area contributed by atoms with E-state index in [-0.39, 0.29) is 24.9 Å². The van der Waals surface area contributed by atoms with E-state index in [4.69, 9.17) is 15.2 Å². The molecule has 1 aromatic rings. The van der Waals surface area contributed by atoms with Crippen molar-refractivity contribution in [2.24, 2.45) is 10.7 Å². The van der Waals surface area contributed by atoms with Crippen molar-refractivity contribution in [1.29, 1.82) is 0 Å². The maximum absolute atomic E-state index is 12.2. The third-order valence-electron chi connectivity index (χ3n) is 3.46. The summed E-state index contributed by atoms with van der Waals surface area (Å²) in [5.41, 5.74) is 4.33. The summed E-state index contributed by atoms with van der Waals surface area (Å²) < 4.78 is 10.5. The number of carbonyl (C=O) groups excluding carboxylic acids is 2. The second kappa shape index (κ2) is 6.46. The molecule has 0 saturated heterocycles. The maximum Gasteiger partial charge on any atom is 0.339 e. The van der Waals surface area contributed by atoms with Crippen LogP contribution >= 0.6 is 0 Å². The minimum absolute atomic E-state index is 0.0613. The number of nitrogens with two attached hydrogens (primary N) is 1. The largest absolute Gasteiger partial charge is 0.490 e. The molecule has 0 bridgehead atoms. The summed E-state index contributed by atoms with van der Waals surface area (Å²) in [6.45, 7) is 2.23. The lowest BCUT2D eigenvalue weighted by molar-refractivity contribution is -0.150. The van der Waals surface area contributed by atoms with Crippen molar-refractivity contribution < 1.29 is 19.1 Å². The van der Waals surface area contributed by atoms with Gasteiger partial charge in [-0.25, -0.2) is 9.79 Å². The number of carbonyl (C=O) groups is 2. The highest BCUT2D eigenvalue weighted by molar-refractivity contribution is 6.38. The van der Waals surface area contributed by atoms with E-state index >= 15 is 0 Å². The quantitative estimate of drug-likeness (QED) is 0.784. The van der Waals surface area contributed by atoms with E-state index in [1.807, 2.05) is 18.2 Å². The fourth-order valence-corrected chi connectivity index (χ4v) is 2.28. The van der Waals surface area contributed by atoms with Gasteiger partial charge in [0.25, 0.3) is 5.91 Å². The number of likely N-dealkylation sites (N-methyl/N-ethyl adjacent to an activating group) is 1. The average molecular weight is 305 g/mol. The summed E-state index contributed by atoms with van der Waals surface area (Å²) in [6.07, 6.45) is 0. The Morgan fingerprint density at radius 3 is 2.68 bits per heavy atom. The summed E-state index contributed by atoms with van der Waals surface area (Å²) in [5, 5.41) is 0. The van der Waals surface area contributed by atoms with Gasteiger partial charge in [-0.15, -0.1) is 0 Å². The number of esters is 1. The van der Waals surface area contributed by atoms with E-state index < -0.39 is 11.5 Å². The monoisotopic (exact) mass is 305 g/mol. The molecule has 0 fully saturated rings. The Bertz CT molecular complexity index is 588. The first-order chi connectivity index (χ1) is 10.5. The summed E-state index contributed by atoms with van der Waals surface area (Å²) in [5.74, 6) is -0.589. The molecule has 118 valence electrons. The molecule has 0 saturated carbocycles. The van der Waals surface area contributed by atoms with Crippen LogP contribution in [0, 0.1) is 0 Å². The third kappa shape index (κ3) is 3.03. The minimum Gasteiger partial charge on any atom is -0.490 e. The Morgan fingerprint density at radius 1 is 1.41 bits per heavy atom. The van der Waals surface area contributed by atoms with Crippen LogP contribution in [0.15, 0.2) is 35.3 Å². The molecular weight excluding hydrogens is 286 g/mol. The van der Waals surface area contributed by atoms with E-state index in [1.54, 1.807) is 19.1 Å². The number of aliphatic imine (C=N–C) groups is 1. The number of methoxy groups -OCH3 is 1. The van der Waals surface area contributed by atoms with Crippen LogP contribution in [0.4, 0.5) is 0 Å². The van der Waals surface area contributed by atoms with Gasteiger partial charge in [0.1, 0.15) is 12.4 Å². The fourth-order valence-electron chi connectivity index (χ4n) is 2.28. The standard InChI is InChI=1S/C15H19N3O4/c1-3-18-9-15(14(20)21-2,17-12(16)13(18)19)10-22-11-7-5-4-6-8-11/h4-8H,3,9-10H2,1-2H3,(H2,16,17). The van der Waals surface area contributed by atoms with Gasteiger partial charge in [-0.05, 0) is 19.1 Å². The zero-order valence-electron chi connectivity index (χ0n) is 12.6. The van der Waals surface area contributed by atoms with Crippen molar-refractivity contribution in [3.8, 4) is 5.75 Å². The molecule has 0 aromatic heterocycles. The van der Waals surface area contributed by atoms with Crippen molar-refractivity contribution in [1.82, 2.24) is 4.90 Å². The third-order valence-corrected chi connectivity index (χ3v) is 3.46. The van der Waals surface area contributed by atoms with Crippen LogP contribution in [-0.2, 0) is 14.3 Å². The van der Waals surface area contributed by atoms with Crippen molar-refractivity contribution in [3.63, 3.8) is 0 Å². The molecule has 0 aliphatic carbocycles. The van der Waals surface area contributed by atoms with E-state index in [0.29, 0.717) is 12.3 Å². The van der Waals surface area contributed by atoms with Gasteiger partial charge >= 0.3 is 5.97 Å². The average Bonchev–Trinajstić information content (AvgIpc) is 2.56. The summed E-state index contributed by atoms with van der Waals surface area (Å²) in [7, 11) is 1.27. The summed E-state index contributed by atoms with van der Waals surface area (Å²) in [6, 6.07) is 9.03. The Kier molecular flexibility index (Phi) is 4.65. The predicted octanol–water partition coefficient (Wildman–Crippen LogP) is 0.196. The van der Waals surface area contributed by atoms with Crippen LogP contribution in [0.3, 0.4) is 0 Å². The smallest absolute Gasteiger partial charge is 0.339 e. The Balaban J connectivity index is 2.29. The number of rotatable bonds is 5. The lowest BCUT2D eigenvalue weighted by Crippen LogP contribution is -2.60. The van der Waals surface area contributed by atoms with Crippen LogP contribution in [-0.4, -0.2) is 55.0 Å². The number of nitrogens with zero attached hydrogens (tertiary/aromatic N) is 2. The molecule has 0 radical (unpaired) electrons. The highest BCUT2D eigenvalue weighted by Gasteiger charge is 2.47. The second-order valence-electron chi connectivity index (χ2n) is 4.94. The maximum atomic E-state index is 12.2. The van der Waals surface area contributed by atoms with E-state index in [2.05, 4.69) is 4.99 Å². The first kappa shape index (κ1) is 15.8. The number of amides is 1. The van der Waals surface area contributed by atoms with Gasteiger partial charge in [-0.1, -0.05) is 18.2 Å². The Morgan fingerprint density at radius 2 is 2.09 bits per heavy atom. The number of benzene rings is 1. The van der Waals surface area contributed by atoms with Crippen LogP contribution in [0.2, 0.25) is 0 Å². The zero-order chi connectivity index (χ0) is 16.2. The molecule has 2 rings (SSSR count). The van der Waals surface area contributed by atoms with Gasteiger partial charge in [0, 0.05) is 6.54 Å². The number of amidine groups is 1. The molecule has 1 aromatic carbocycles. The van der Waals surface area contributed by atoms with Crippen LogP contribution in [0.1, 0.15) is 6.92 Å². The zero-order valence-corrected chi connectivity index (χ0v) is 12.6. The van der Waals surface area contributed by atoms with E-state index in [0.717, 1.165) is 0 Å².